The van der Waals surface area contributed by atoms with Crippen molar-refractivity contribution in [2.24, 2.45) is 0 Å². The molecule has 0 aromatic heterocycles. The molecule has 2 aromatic rings. The molecular weight excluding hydrogens is 298 g/mol. The maximum absolute atomic E-state index is 10.4. The zero-order valence-corrected chi connectivity index (χ0v) is 15.0. The fraction of sp³-hybridized carbons (Fsp3) is 0.429. The van der Waals surface area contributed by atoms with Gasteiger partial charge in [-0.3, -0.25) is 4.90 Å². The highest BCUT2D eigenvalue weighted by molar-refractivity contribution is 5.22. The second kappa shape index (κ2) is 9.45. The highest BCUT2D eigenvalue weighted by Gasteiger charge is 2.17. The summed E-state index contributed by atoms with van der Waals surface area (Å²) >= 11 is 0. The van der Waals surface area contributed by atoms with Crippen molar-refractivity contribution in [2.75, 3.05) is 13.2 Å². The Bertz CT molecular complexity index is 583. The topological polar surface area (TPSA) is 32.7 Å². The summed E-state index contributed by atoms with van der Waals surface area (Å²) in [6.07, 6.45) is 0.544. The van der Waals surface area contributed by atoms with Crippen LogP contribution in [0.4, 0.5) is 0 Å². The van der Waals surface area contributed by atoms with Crippen LogP contribution in [0.25, 0.3) is 0 Å². The molecule has 24 heavy (non-hydrogen) atoms. The van der Waals surface area contributed by atoms with Crippen LogP contribution < -0.4 is 4.74 Å². The zero-order chi connectivity index (χ0) is 17.4. The van der Waals surface area contributed by atoms with Crippen LogP contribution in [0.3, 0.4) is 0 Å². The minimum atomic E-state index is -0.510. The second-order valence-electron chi connectivity index (χ2n) is 6.45. The van der Waals surface area contributed by atoms with Gasteiger partial charge in [-0.2, -0.15) is 0 Å². The van der Waals surface area contributed by atoms with Gasteiger partial charge in [0.25, 0.3) is 0 Å². The van der Waals surface area contributed by atoms with E-state index in [-0.39, 0.29) is 0 Å². The highest BCUT2D eigenvalue weighted by Crippen LogP contribution is 2.14. The summed E-state index contributed by atoms with van der Waals surface area (Å²) in [6, 6.07) is 18.7. The van der Waals surface area contributed by atoms with Crippen molar-refractivity contribution in [1.82, 2.24) is 4.90 Å². The number of aliphatic hydroxyl groups excluding tert-OH is 1. The smallest absolute Gasteiger partial charge is 0.119 e. The molecule has 0 heterocycles. The molecule has 0 amide bonds. The number of para-hydroxylation sites is 1. The van der Waals surface area contributed by atoms with E-state index in [0.29, 0.717) is 19.2 Å². The van der Waals surface area contributed by atoms with Crippen LogP contribution in [0.15, 0.2) is 54.6 Å². The Labute approximate surface area is 145 Å². The van der Waals surface area contributed by atoms with E-state index in [4.69, 9.17) is 4.74 Å². The van der Waals surface area contributed by atoms with Crippen LogP contribution >= 0.6 is 0 Å². The summed E-state index contributed by atoms with van der Waals surface area (Å²) in [4.78, 5) is 2.32. The monoisotopic (exact) mass is 327 g/mol. The molecule has 0 fully saturated rings. The van der Waals surface area contributed by atoms with Gasteiger partial charge in [-0.25, -0.2) is 0 Å². The van der Waals surface area contributed by atoms with Crippen molar-refractivity contribution in [3.63, 3.8) is 0 Å². The number of rotatable bonds is 9. The molecule has 130 valence electrons. The third-order valence-electron chi connectivity index (χ3n) is 4.35. The molecule has 0 aliphatic carbocycles. The fourth-order valence-corrected chi connectivity index (χ4v) is 2.62. The van der Waals surface area contributed by atoms with E-state index in [2.05, 4.69) is 49.9 Å². The van der Waals surface area contributed by atoms with Crippen LogP contribution in [0.5, 0.6) is 5.75 Å². The van der Waals surface area contributed by atoms with Gasteiger partial charge >= 0.3 is 0 Å². The Kier molecular flexibility index (Phi) is 7.29. The van der Waals surface area contributed by atoms with Crippen molar-refractivity contribution in [1.29, 1.82) is 0 Å². The standard InChI is InChI=1S/C21H29NO2/c1-4-18(3)22(14-19-12-10-17(2)11-13-19)15-20(23)16-24-21-8-6-5-7-9-21/h5-13,18,20,23H,4,14-16H2,1-3H3/t18-,20-/m1/s1. The summed E-state index contributed by atoms with van der Waals surface area (Å²) in [5.74, 6) is 0.796. The third kappa shape index (κ3) is 5.99. The molecule has 2 atom stereocenters. The van der Waals surface area contributed by atoms with Gasteiger partial charge in [0.2, 0.25) is 0 Å². The summed E-state index contributed by atoms with van der Waals surface area (Å²) in [5.41, 5.74) is 2.54. The van der Waals surface area contributed by atoms with Crippen LogP contribution in [-0.4, -0.2) is 35.3 Å². The lowest BCUT2D eigenvalue weighted by molar-refractivity contribution is 0.0506. The molecule has 0 saturated heterocycles. The van der Waals surface area contributed by atoms with Gasteiger partial charge in [0.15, 0.2) is 0 Å². The van der Waals surface area contributed by atoms with Crippen molar-refractivity contribution in [3.8, 4) is 5.75 Å². The molecule has 0 bridgehead atoms. The highest BCUT2D eigenvalue weighted by atomic mass is 16.5. The third-order valence-corrected chi connectivity index (χ3v) is 4.35. The number of aliphatic hydroxyl groups is 1. The minimum Gasteiger partial charge on any atom is -0.491 e. The quantitative estimate of drug-likeness (QED) is 0.754. The van der Waals surface area contributed by atoms with Crippen molar-refractivity contribution < 1.29 is 9.84 Å². The molecule has 0 unspecified atom stereocenters. The zero-order valence-electron chi connectivity index (χ0n) is 15.0. The predicted molar refractivity (Wildman–Crippen MR) is 99.3 cm³/mol. The van der Waals surface area contributed by atoms with E-state index in [1.807, 2.05) is 30.3 Å². The van der Waals surface area contributed by atoms with E-state index in [1.165, 1.54) is 11.1 Å². The molecule has 2 aromatic carbocycles. The van der Waals surface area contributed by atoms with Gasteiger partial charge in [-0.15, -0.1) is 0 Å². The first-order valence-corrected chi connectivity index (χ1v) is 8.74. The van der Waals surface area contributed by atoms with Gasteiger partial charge < -0.3 is 9.84 Å². The average molecular weight is 327 g/mol. The molecule has 3 nitrogen and oxygen atoms in total. The van der Waals surface area contributed by atoms with Crippen LogP contribution in [0.1, 0.15) is 31.4 Å². The first-order valence-electron chi connectivity index (χ1n) is 8.74. The van der Waals surface area contributed by atoms with Crippen molar-refractivity contribution >= 4 is 0 Å². The van der Waals surface area contributed by atoms with Gasteiger partial charge in [-0.1, -0.05) is 55.0 Å². The largest absolute Gasteiger partial charge is 0.491 e. The van der Waals surface area contributed by atoms with Gasteiger partial charge in [0.1, 0.15) is 18.5 Å². The molecule has 2 rings (SSSR count). The van der Waals surface area contributed by atoms with E-state index >= 15 is 0 Å². The SMILES string of the molecule is CC[C@@H](C)N(Cc1ccc(C)cc1)C[C@@H](O)COc1ccccc1. The molecule has 1 N–H and O–H groups in total. The first-order chi connectivity index (χ1) is 11.6. The van der Waals surface area contributed by atoms with Crippen molar-refractivity contribution in [2.45, 2.75) is 45.9 Å². The summed E-state index contributed by atoms with van der Waals surface area (Å²) < 4.78 is 5.67. The number of hydrogen-bond acceptors (Lipinski definition) is 3. The fourth-order valence-electron chi connectivity index (χ4n) is 2.62. The lowest BCUT2D eigenvalue weighted by atomic mass is 10.1. The lowest BCUT2D eigenvalue weighted by Crippen LogP contribution is -2.40. The Morgan fingerprint density at radius 2 is 1.71 bits per heavy atom. The molecule has 0 aliphatic rings. The molecule has 0 saturated carbocycles. The Morgan fingerprint density at radius 3 is 2.33 bits per heavy atom. The van der Waals surface area contributed by atoms with E-state index in [0.717, 1.165) is 18.7 Å². The van der Waals surface area contributed by atoms with Gasteiger partial charge in [0, 0.05) is 19.1 Å². The van der Waals surface area contributed by atoms with Crippen LogP contribution in [0.2, 0.25) is 0 Å². The number of aryl methyl sites for hydroxylation is 1. The predicted octanol–water partition coefficient (Wildman–Crippen LogP) is 4.04. The Morgan fingerprint density at radius 1 is 1.04 bits per heavy atom. The summed E-state index contributed by atoms with van der Waals surface area (Å²) in [5, 5.41) is 10.4. The summed E-state index contributed by atoms with van der Waals surface area (Å²) in [6.45, 7) is 8.25. The van der Waals surface area contributed by atoms with Crippen LogP contribution in [0, 0.1) is 6.92 Å². The average Bonchev–Trinajstić information content (AvgIpc) is 2.61. The molecule has 3 heteroatoms. The van der Waals surface area contributed by atoms with Gasteiger partial charge in [-0.05, 0) is 38.0 Å². The Hall–Kier alpha value is -1.84. The molecule has 0 spiro atoms. The van der Waals surface area contributed by atoms with Crippen LogP contribution in [-0.2, 0) is 6.54 Å². The minimum absolute atomic E-state index is 0.310. The number of ether oxygens (including phenoxy) is 1. The van der Waals surface area contributed by atoms with Gasteiger partial charge in [0.05, 0.1) is 0 Å². The Balaban J connectivity index is 1.91. The van der Waals surface area contributed by atoms with E-state index in [1.54, 1.807) is 0 Å². The van der Waals surface area contributed by atoms with Crippen molar-refractivity contribution in [3.05, 3.63) is 65.7 Å². The maximum atomic E-state index is 10.4. The normalized spacial score (nSPS) is 13.7. The molecule has 0 aliphatic heterocycles. The number of benzene rings is 2. The number of hydrogen-bond donors (Lipinski definition) is 1. The number of nitrogens with zero attached hydrogens (tertiary/aromatic N) is 1. The summed E-state index contributed by atoms with van der Waals surface area (Å²) in [7, 11) is 0. The lowest BCUT2D eigenvalue weighted by Gasteiger charge is -2.30. The maximum Gasteiger partial charge on any atom is 0.119 e. The van der Waals surface area contributed by atoms with E-state index < -0.39 is 6.10 Å². The molecule has 0 radical (unpaired) electrons. The van der Waals surface area contributed by atoms with E-state index in [9.17, 15) is 5.11 Å². The molecular formula is C21H29NO2. The second-order valence-corrected chi connectivity index (χ2v) is 6.45. The first kappa shape index (κ1) is 18.5.